The maximum atomic E-state index is 12.9. The van der Waals surface area contributed by atoms with Gasteiger partial charge in [0.1, 0.15) is 17.1 Å². The molecule has 3 N–H and O–H groups in total. The number of nitrogens with two attached hydrogens (primary N) is 1. The molecule has 4 rings (SSSR count). The van der Waals surface area contributed by atoms with Crippen LogP contribution in [0.5, 0.6) is 5.75 Å². The molecule has 3 aromatic rings. The molecule has 1 amide bonds. The van der Waals surface area contributed by atoms with Crippen molar-refractivity contribution in [1.29, 1.82) is 0 Å². The van der Waals surface area contributed by atoms with Gasteiger partial charge in [0.05, 0.1) is 17.9 Å². The van der Waals surface area contributed by atoms with Crippen LogP contribution in [0, 0.1) is 11.8 Å². The molecule has 1 fully saturated rings. The Morgan fingerprint density at radius 2 is 2.12 bits per heavy atom. The monoisotopic (exact) mass is 437 g/mol. The first-order chi connectivity index (χ1) is 15.4. The van der Waals surface area contributed by atoms with Gasteiger partial charge in [-0.05, 0) is 62.6 Å². The molecule has 0 radical (unpaired) electrons. The van der Waals surface area contributed by atoms with Gasteiger partial charge in [-0.1, -0.05) is 19.4 Å². The van der Waals surface area contributed by atoms with Crippen molar-refractivity contribution in [3.05, 3.63) is 39.8 Å². The zero-order valence-electron chi connectivity index (χ0n) is 19.0. The number of ether oxygens (including phenoxy) is 1. The van der Waals surface area contributed by atoms with E-state index >= 15 is 0 Å². The number of hydrogen-bond donors (Lipinski definition) is 2. The fourth-order valence-corrected chi connectivity index (χ4v) is 4.80. The lowest BCUT2D eigenvalue weighted by atomic mass is 9.95. The topological polar surface area (TPSA) is 116 Å². The SMILES string of the molecule is CCCc1nn(C)c2c(=O)[nH]c(-c3cc(CC4CCC(C(N)=O)C4)ccc3OCC)nc12. The van der Waals surface area contributed by atoms with E-state index in [0.29, 0.717) is 35.1 Å². The van der Waals surface area contributed by atoms with Crippen LogP contribution in [0.4, 0.5) is 0 Å². The Hall–Kier alpha value is -3.16. The van der Waals surface area contributed by atoms with E-state index in [1.807, 2.05) is 19.1 Å². The minimum atomic E-state index is -0.213. The minimum absolute atomic E-state index is 0.0230. The number of aryl methyl sites for hydroxylation is 2. The molecule has 0 bridgehead atoms. The summed E-state index contributed by atoms with van der Waals surface area (Å²) in [6.45, 7) is 4.52. The molecule has 0 aliphatic heterocycles. The van der Waals surface area contributed by atoms with Crippen LogP contribution in [0.3, 0.4) is 0 Å². The predicted octanol–water partition coefficient (Wildman–Crippen LogP) is 3.12. The van der Waals surface area contributed by atoms with E-state index in [1.54, 1.807) is 11.7 Å². The van der Waals surface area contributed by atoms with Gasteiger partial charge in [-0.15, -0.1) is 0 Å². The molecule has 1 aliphatic rings. The van der Waals surface area contributed by atoms with Gasteiger partial charge in [0.25, 0.3) is 5.56 Å². The fourth-order valence-electron chi connectivity index (χ4n) is 4.80. The summed E-state index contributed by atoms with van der Waals surface area (Å²) in [7, 11) is 1.77. The summed E-state index contributed by atoms with van der Waals surface area (Å²) in [6.07, 6.45) is 5.21. The first kappa shape index (κ1) is 22.0. The number of primary amides is 1. The molecule has 0 spiro atoms. The molecule has 8 nitrogen and oxygen atoms in total. The smallest absolute Gasteiger partial charge is 0.277 e. The Morgan fingerprint density at radius 1 is 1.31 bits per heavy atom. The van der Waals surface area contributed by atoms with Crippen molar-refractivity contribution < 1.29 is 9.53 Å². The number of nitrogens with zero attached hydrogens (tertiary/aromatic N) is 3. The first-order valence-electron chi connectivity index (χ1n) is 11.4. The first-order valence-corrected chi connectivity index (χ1v) is 11.4. The van der Waals surface area contributed by atoms with Gasteiger partial charge in [-0.2, -0.15) is 5.10 Å². The molecular weight excluding hydrogens is 406 g/mol. The maximum Gasteiger partial charge on any atom is 0.277 e. The molecule has 170 valence electrons. The molecule has 32 heavy (non-hydrogen) atoms. The van der Waals surface area contributed by atoms with E-state index in [9.17, 15) is 9.59 Å². The van der Waals surface area contributed by atoms with Crippen LogP contribution in [0.2, 0.25) is 0 Å². The molecule has 2 unspecified atom stereocenters. The lowest BCUT2D eigenvalue weighted by molar-refractivity contribution is -0.121. The van der Waals surface area contributed by atoms with Crippen molar-refractivity contribution >= 4 is 16.9 Å². The Morgan fingerprint density at radius 3 is 2.81 bits per heavy atom. The van der Waals surface area contributed by atoms with Gasteiger partial charge in [-0.25, -0.2) is 4.98 Å². The quantitative estimate of drug-likeness (QED) is 0.562. The van der Waals surface area contributed by atoms with Gasteiger partial charge < -0.3 is 15.5 Å². The normalized spacial score (nSPS) is 18.3. The molecular formula is C24H31N5O3. The van der Waals surface area contributed by atoms with Gasteiger partial charge in [0.2, 0.25) is 5.91 Å². The van der Waals surface area contributed by atoms with E-state index in [2.05, 4.69) is 23.1 Å². The van der Waals surface area contributed by atoms with Crippen LogP contribution >= 0.6 is 0 Å². The summed E-state index contributed by atoms with van der Waals surface area (Å²) in [5.74, 6) is 1.36. The number of rotatable bonds is 8. The average Bonchev–Trinajstić information content (AvgIpc) is 3.34. The second kappa shape index (κ2) is 9.14. The lowest BCUT2D eigenvalue weighted by Gasteiger charge is -2.14. The van der Waals surface area contributed by atoms with E-state index in [-0.39, 0.29) is 17.4 Å². The van der Waals surface area contributed by atoms with Crippen LogP contribution < -0.4 is 16.0 Å². The molecule has 2 aromatic heterocycles. The lowest BCUT2D eigenvalue weighted by Crippen LogP contribution is -2.20. The summed E-state index contributed by atoms with van der Waals surface area (Å²) < 4.78 is 7.46. The van der Waals surface area contributed by atoms with Gasteiger partial charge in [0.15, 0.2) is 5.52 Å². The van der Waals surface area contributed by atoms with Crippen molar-refractivity contribution in [2.75, 3.05) is 6.61 Å². The Labute approximate surface area is 187 Å². The Bertz CT molecular complexity index is 1200. The second-order valence-corrected chi connectivity index (χ2v) is 8.68. The van der Waals surface area contributed by atoms with Gasteiger partial charge >= 0.3 is 0 Å². The van der Waals surface area contributed by atoms with E-state index < -0.39 is 0 Å². The Kier molecular flexibility index (Phi) is 6.30. The summed E-state index contributed by atoms with van der Waals surface area (Å²) in [5.41, 5.74) is 9.12. The molecule has 0 saturated heterocycles. The van der Waals surface area contributed by atoms with Gasteiger partial charge in [0, 0.05) is 13.0 Å². The fraction of sp³-hybridized carbons (Fsp3) is 0.500. The largest absolute Gasteiger partial charge is 0.493 e. The number of H-pyrrole nitrogens is 1. The predicted molar refractivity (Wildman–Crippen MR) is 123 cm³/mol. The third kappa shape index (κ3) is 4.26. The van der Waals surface area contributed by atoms with E-state index in [0.717, 1.165) is 55.3 Å². The van der Waals surface area contributed by atoms with Crippen molar-refractivity contribution in [2.24, 2.45) is 24.6 Å². The summed E-state index contributed by atoms with van der Waals surface area (Å²) in [5, 5.41) is 4.51. The third-order valence-electron chi connectivity index (χ3n) is 6.32. The number of aromatic nitrogens is 4. The van der Waals surface area contributed by atoms with Crippen LogP contribution in [0.15, 0.2) is 23.0 Å². The molecule has 1 aliphatic carbocycles. The average molecular weight is 438 g/mol. The number of benzene rings is 1. The minimum Gasteiger partial charge on any atom is -0.493 e. The van der Waals surface area contributed by atoms with Crippen LogP contribution in [-0.4, -0.2) is 32.3 Å². The number of aromatic amines is 1. The van der Waals surface area contributed by atoms with Crippen molar-refractivity contribution in [2.45, 2.75) is 52.4 Å². The highest BCUT2D eigenvalue weighted by molar-refractivity contribution is 5.80. The van der Waals surface area contributed by atoms with E-state index in [4.69, 9.17) is 15.5 Å². The molecule has 1 saturated carbocycles. The summed E-state index contributed by atoms with van der Waals surface area (Å²) in [4.78, 5) is 32.2. The van der Waals surface area contributed by atoms with Crippen molar-refractivity contribution in [3.8, 4) is 17.1 Å². The number of carbonyl (C=O) groups excluding carboxylic acids is 1. The zero-order valence-corrected chi connectivity index (χ0v) is 19.0. The number of hydrogen-bond acceptors (Lipinski definition) is 5. The highest BCUT2D eigenvalue weighted by Crippen LogP contribution is 2.35. The molecule has 1 aromatic carbocycles. The number of amides is 1. The molecule has 8 heteroatoms. The van der Waals surface area contributed by atoms with Crippen LogP contribution in [0.25, 0.3) is 22.4 Å². The maximum absolute atomic E-state index is 12.9. The van der Waals surface area contributed by atoms with Crippen LogP contribution in [-0.2, 0) is 24.7 Å². The van der Waals surface area contributed by atoms with E-state index in [1.165, 1.54) is 0 Å². The summed E-state index contributed by atoms with van der Waals surface area (Å²) >= 11 is 0. The number of carbonyl (C=O) groups is 1. The van der Waals surface area contributed by atoms with Gasteiger partial charge in [-0.3, -0.25) is 14.3 Å². The molecule has 2 heterocycles. The zero-order chi connectivity index (χ0) is 22.8. The summed E-state index contributed by atoms with van der Waals surface area (Å²) in [6, 6.07) is 6.03. The van der Waals surface area contributed by atoms with Crippen molar-refractivity contribution in [3.63, 3.8) is 0 Å². The standard InChI is InChI=1S/C24H31N5O3/c1-4-6-18-20-21(29(3)28-18)24(31)27-23(26-20)17-13-15(8-10-19(17)32-5-2)11-14-7-9-16(12-14)22(25)30/h8,10,13-14,16H,4-7,9,11-12H2,1-3H3,(H2,25,30)(H,26,27,31). The number of fused-ring (bicyclic) bond motifs is 1. The third-order valence-corrected chi connectivity index (χ3v) is 6.32. The van der Waals surface area contributed by atoms with Crippen molar-refractivity contribution in [1.82, 2.24) is 19.7 Å². The second-order valence-electron chi connectivity index (χ2n) is 8.68. The van der Waals surface area contributed by atoms with Crippen LogP contribution in [0.1, 0.15) is 50.8 Å². The number of nitrogens with one attached hydrogen (secondary N) is 1. The molecule has 2 atom stereocenters. The highest BCUT2D eigenvalue weighted by Gasteiger charge is 2.28. The Balaban J connectivity index is 1.74. The highest BCUT2D eigenvalue weighted by atomic mass is 16.5.